The number of methoxy groups -OCH3 is 4. The molecule has 0 unspecified atom stereocenters. The molecule has 0 bridgehead atoms. The van der Waals surface area contributed by atoms with Crippen molar-refractivity contribution >= 4 is 40.0 Å². The molecule has 0 atom stereocenters. The Hall–Kier alpha value is -3.84. The quantitative estimate of drug-likeness (QED) is 0.305. The minimum absolute atomic E-state index is 0.181. The largest absolute Gasteiger partial charge is 0.493 e. The lowest BCUT2D eigenvalue weighted by Crippen LogP contribution is -2.34. The zero-order valence-electron chi connectivity index (χ0n) is 23.7. The standard InChI is InChI=1S/C27H36N6O6S/c1-7-32(11-12-36-3)23-18-9-8-10-33(15-17-13-19(37-4)21(39-6)20(14-17)38-5)24(18)30-26(29-23)31-27-28-16(2)22(40-27)25(34)35/h13-14H,7-12,15H2,1-6H3,(H,34,35)(H,28,29,30,31). The van der Waals surface area contributed by atoms with E-state index in [-0.39, 0.29) is 4.88 Å². The monoisotopic (exact) mass is 572 g/mol. The summed E-state index contributed by atoms with van der Waals surface area (Å²) < 4.78 is 22.0. The van der Waals surface area contributed by atoms with Crippen molar-refractivity contribution in [1.82, 2.24) is 15.0 Å². The number of rotatable bonds is 13. The SMILES string of the molecule is CCN(CCOC)c1nc(Nc2nc(C)c(C(=O)O)s2)nc2c1CCCN2Cc1cc(OC)c(OC)c(OC)c1. The molecule has 12 nitrogen and oxygen atoms in total. The van der Waals surface area contributed by atoms with Gasteiger partial charge >= 0.3 is 5.97 Å². The summed E-state index contributed by atoms with van der Waals surface area (Å²) in [6.45, 7) is 7.07. The van der Waals surface area contributed by atoms with Crippen molar-refractivity contribution in [3.63, 3.8) is 0 Å². The van der Waals surface area contributed by atoms with Crippen LogP contribution < -0.4 is 29.3 Å². The predicted octanol–water partition coefficient (Wildman–Crippen LogP) is 4.13. The van der Waals surface area contributed by atoms with Gasteiger partial charge in [0.15, 0.2) is 16.6 Å². The first-order valence-corrected chi connectivity index (χ1v) is 13.8. The van der Waals surface area contributed by atoms with Gasteiger partial charge in [-0.2, -0.15) is 9.97 Å². The van der Waals surface area contributed by atoms with Crippen LogP contribution in [0.4, 0.5) is 22.7 Å². The zero-order chi connectivity index (χ0) is 28.8. The maximum atomic E-state index is 11.6. The molecule has 0 saturated heterocycles. The summed E-state index contributed by atoms with van der Waals surface area (Å²) in [6, 6.07) is 3.89. The van der Waals surface area contributed by atoms with Crippen LogP contribution in [0.5, 0.6) is 17.2 Å². The molecule has 0 saturated carbocycles. The van der Waals surface area contributed by atoms with E-state index in [1.807, 2.05) is 12.1 Å². The number of thiazole rings is 1. The average Bonchev–Trinajstić information content (AvgIpc) is 3.33. The second-order valence-corrected chi connectivity index (χ2v) is 10.2. The Bertz CT molecular complexity index is 1320. The predicted molar refractivity (Wildman–Crippen MR) is 154 cm³/mol. The third-order valence-corrected chi connectivity index (χ3v) is 7.73. The molecule has 0 aliphatic carbocycles. The van der Waals surface area contributed by atoms with E-state index in [0.717, 1.165) is 60.0 Å². The number of nitrogens with zero attached hydrogens (tertiary/aromatic N) is 5. The number of carbonyl (C=O) groups is 1. The number of nitrogens with one attached hydrogen (secondary N) is 1. The number of aromatic nitrogens is 3. The fraction of sp³-hybridized carbons (Fsp3) is 0.481. The number of aromatic carboxylic acids is 1. The number of carboxylic acid groups (broad SMARTS) is 1. The number of hydrogen-bond donors (Lipinski definition) is 2. The summed E-state index contributed by atoms with van der Waals surface area (Å²) in [6.07, 6.45) is 1.77. The van der Waals surface area contributed by atoms with Gasteiger partial charge in [0.25, 0.3) is 0 Å². The molecule has 0 fully saturated rings. The minimum atomic E-state index is -1.01. The number of ether oxygens (including phenoxy) is 4. The highest BCUT2D eigenvalue weighted by Gasteiger charge is 2.27. The molecule has 3 heterocycles. The van der Waals surface area contributed by atoms with Gasteiger partial charge in [-0.25, -0.2) is 9.78 Å². The molecule has 216 valence electrons. The van der Waals surface area contributed by atoms with Crippen molar-refractivity contribution in [2.75, 3.05) is 69.8 Å². The van der Waals surface area contributed by atoms with Crippen LogP contribution in [-0.2, 0) is 17.7 Å². The van der Waals surface area contributed by atoms with Crippen LogP contribution in [0.25, 0.3) is 0 Å². The Morgan fingerprint density at radius 1 is 1.12 bits per heavy atom. The Morgan fingerprint density at radius 2 is 1.85 bits per heavy atom. The molecule has 2 N–H and O–H groups in total. The van der Waals surface area contributed by atoms with Gasteiger partial charge in [0.1, 0.15) is 16.5 Å². The molecule has 0 spiro atoms. The van der Waals surface area contributed by atoms with E-state index in [4.69, 9.17) is 28.9 Å². The van der Waals surface area contributed by atoms with E-state index in [1.54, 1.807) is 35.4 Å². The van der Waals surface area contributed by atoms with Crippen LogP contribution in [0.1, 0.15) is 39.8 Å². The van der Waals surface area contributed by atoms with Crippen molar-refractivity contribution in [3.8, 4) is 17.2 Å². The molecule has 1 aliphatic heterocycles. The fourth-order valence-electron chi connectivity index (χ4n) is 4.78. The Kier molecular flexibility index (Phi) is 9.48. The maximum absolute atomic E-state index is 11.6. The summed E-state index contributed by atoms with van der Waals surface area (Å²) in [5.41, 5.74) is 2.48. The summed E-state index contributed by atoms with van der Waals surface area (Å²) in [5, 5.41) is 13.1. The van der Waals surface area contributed by atoms with Crippen molar-refractivity contribution in [2.45, 2.75) is 33.2 Å². The lowest BCUT2D eigenvalue weighted by molar-refractivity contribution is 0.0701. The molecular weight excluding hydrogens is 536 g/mol. The molecule has 2 aromatic heterocycles. The fourth-order valence-corrected chi connectivity index (χ4v) is 5.57. The normalized spacial score (nSPS) is 12.6. The number of benzene rings is 1. The third kappa shape index (κ3) is 6.15. The van der Waals surface area contributed by atoms with Gasteiger partial charge in [-0.15, -0.1) is 0 Å². The van der Waals surface area contributed by atoms with Crippen LogP contribution in [0.2, 0.25) is 0 Å². The molecule has 3 aromatic rings. The first-order chi connectivity index (χ1) is 19.3. The van der Waals surface area contributed by atoms with Gasteiger partial charge in [0.05, 0.1) is 33.6 Å². The van der Waals surface area contributed by atoms with Gasteiger partial charge in [0.2, 0.25) is 11.7 Å². The van der Waals surface area contributed by atoms with E-state index >= 15 is 0 Å². The van der Waals surface area contributed by atoms with E-state index in [9.17, 15) is 9.90 Å². The maximum Gasteiger partial charge on any atom is 0.347 e. The molecule has 40 heavy (non-hydrogen) atoms. The van der Waals surface area contributed by atoms with Gasteiger partial charge < -0.3 is 33.9 Å². The zero-order valence-corrected chi connectivity index (χ0v) is 24.6. The Balaban J connectivity index is 1.77. The lowest BCUT2D eigenvalue weighted by Gasteiger charge is -2.34. The third-order valence-electron chi connectivity index (χ3n) is 6.67. The highest BCUT2D eigenvalue weighted by molar-refractivity contribution is 7.17. The molecular formula is C27H36N6O6S. The summed E-state index contributed by atoms with van der Waals surface area (Å²) in [4.78, 5) is 30.3. The topological polar surface area (TPSA) is 131 Å². The van der Waals surface area contributed by atoms with E-state index < -0.39 is 5.97 Å². The number of likely N-dealkylation sites (N-methyl/N-ethyl adjacent to an activating group) is 1. The first-order valence-electron chi connectivity index (χ1n) is 13.0. The van der Waals surface area contributed by atoms with Crippen molar-refractivity contribution in [2.24, 2.45) is 0 Å². The molecule has 1 aliphatic rings. The van der Waals surface area contributed by atoms with Crippen molar-refractivity contribution < 1.29 is 28.8 Å². The second-order valence-electron chi connectivity index (χ2n) is 9.17. The Labute approximate surface area is 237 Å². The molecule has 1 aromatic carbocycles. The van der Waals surface area contributed by atoms with Crippen LogP contribution in [-0.4, -0.2) is 80.7 Å². The van der Waals surface area contributed by atoms with Crippen LogP contribution in [0, 0.1) is 6.92 Å². The van der Waals surface area contributed by atoms with Gasteiger partial charge in [-0.05, 0) is 44.4 Å². The van der Waals surface area contributed by atoms with Gasteiger partial charge in [0, 0.05) is 38.9 Å². The van der Waals surface area contributed by atoms with Gasteiger partial charge in [-0.1, -0.05) is 11.3 Å². The van der Waals surface area contributed by atoms with Crippen LogP contribution in [0.3, 0.4) is 0 Å². The summed E-state index contributed by atoms with van der Waals surface area (Å²) >= 11 is 1.06. The highest BCUT2D eigenvalue weighted by atomic mass is 32.1. The Morgan fingerprint density at radius 3 is 2.42 bits per heavy atom. The van der Waals surface area contributed by atoms with E-state index in [0.29, 0.717) is 53.7 Å². The lowest BCUT2D eigenvalue weighted by atomic mass is 10.0. The van der Waals surface area contributed by atoms with Crippen molar-refractivity contribution in [3.05, 3.63) is 33.8 Å². The van der Waals surface area contributed by atoms with Gasteiger partial charge in [-0.3, -0.25) is 5.32 Å². The van der Waals surface area contributed by atoms with Crippen LogP contribution >= 0.6 is 11.3 Å². The van der Waals surface area contributed by atoms with Crippen molar-refractivity contribution in [1.29, 1.82) is 0 Å². The number of hydrogen-bond acceptors (Lipinski definition) is 12. The minimum Gasteiger partial charge on any atom is -0.493 e. The van der Waals surface area contributed by atoms with Crippen LogP contribution in [0.15, 0.2) is 12.1 Å². The second kappa shape index (κ2) is 13.0. The molecule has 4 rings (SSSR count). The molecule has 0 amide bonds. The molecule has 13 heteroatoms. The average molecular weight is 573 g/mol. The molecule has 0 radical (unpaired) electrons. The van der Waals surface area contributed by atoms with E-state index in [2.05, 4.69) is 27.0 Å². The summed E-state index contributed by atoms with van der Waals surface area (Å²) in [5.74, 6) is 2.70. The smallest absolute Gasteiger partial charge is 0.347 e. The highest BCUT2D eigenvalue weighted by Crippen LogP contribution is 2.40. The number of carboxylic acids is 1. The first kappa shape index (κ1) is 29.2. The van der Waals surface area contributed by atoms with E-state index in [1.165, 1.54) is 0 Å². The number of fused-ring (bicyclic) bond motifs is 1. The number of aryl methyl sites for hydroxylation is 1. The summed E-state index contributed by atoms with van der Waals surface area (Å²) in [7, 11) is 6.47. The number of anilines is 4.